The van der Waals surface area contributed by atoms with Crippen LogP contribution in [0.15, 0.2) is 0 Å². The van der Waals surface area contributed by atoms with Gasteiger partial charge in [0, 0.05) is 6.04 Å². The maximum Gasteiger partial charge on any atom is 0.00676 e. The molecule has 0 saturated carbocycles. The first-order valence-electron chi connectivity index (χ1n) is 5.89. The largest absolute Gasteiger partial charge is 0.317 e. The fraction of sp³-hybridized carbons (Fsp3) is 1.00. The molecule has 2 saturated heterocycles. The molecule has 0 aliphatic carbocycles. The van der Waals surface area contributed by atoms with Crippen molar-refractivity contribution in [3.05, 3.63) is 0 Å². The Morgan fingerprint density at radius 3 is 2.46 bits per heavy atom. The lowest BCUT2D eigenvalue weighted by Gasteiger charge is -2.23. The van der Waals surface area contributed by atoms with Crippen molar-refractivity contribution in [3.8, 4) is 0 Å². The van der Waals surface area contributed by atoms with E-state index in [4.69, 9.17) is 0 Å². The predicted molar refractivity (Wildman–Crippen MR) is 55.9 cm³/mol. The van der Waals surface area contributed by atoms with E-state index in [1.165, 1.54) is 58.2 Å². The molecule has 13 heavy (non-hydrogen) atoms. The molecule has 0 bridgehead atoms. The molecule has 0 aromatic heterocycles. The van der Waals surface area contributed by atoms with Gasteiger partial charge in [0.25, 0.3) is 0 Å². The van der Waals surface area contributed by atoms with Crippen LogP contribution in [0.4, 0.5) is 0 Å². The molecule has 2 heterocycles. The van der Waals surface area contributed by atoms with Gasteiger partial charge in [-0.15, -0.1) is 0 Å². The summed E-state index contributed by atoms with van der Waals surface area (Å²) in [5.74, 6) is 1.02. The van der Waals surface area contributed by atoms with Crippen molar-refractivity contribution in [3.63, 3.8) is 0 Å². The maximum absolute atomic E-state index is 3.58. The van der Waals surface area contributed by atoms with E-state index >= 15 is 0 Å². The second-order valence-corrected chi connectivity index (χ2v) is 4.56. The van der Waals surface area contributed by atoms with Crippen LogP contribution in [-0.2, 0) is 0 Å². The van der Waals surface area contributed by atoms with E-state index in [-0.39, 0.29) is 0 Å². The molecule has 2 heteroatoms. The minimum atomic E-state index is 0.856. The van der Waals surface area contributed by atoms with Crippen LogP contribution in [0.1, 0.15) is 38.5 Å². The Hall–Kier alpha value is -0.0800. The highest BCUT2D eigenvalue weighted by Crippen LogP contribution is 2.21. The lowest BCUT2D eigenvalue weighted by molar-refractivity contribution is 0.332. The van der Waals surface area contributed by atoms with Crippen LogP contribution in [0.25, 0.3) is 0 Å². The number of piperidine rings is 1. The van der Waals surface area contributed by atoms with E-state index < -0.39 is 0 Å². The van der Waals surface area contributed by atoms with Gasteiger partial charge in [0.05, 0.1) is 0 Å². The summed E-state index contributed by atoms with van der Waals surface area (Å²) in [6.45, 7) is 3.77. The summed E-state index contributed by atoms with van der Waals surface area (Å²) >= 11 is 0. The predicted octanol–water partition coefficient (Wildman–Crippen LogP) is 1.52. The van der Waals surface area contributed by atoms with Crippen molar-refractivity contribution >= 4 is 0 Å². The molecule has 2 fully saturated rings. The molecule has 2 nitrogen and oxygen atoms in total. The van der Waals surface area contributed by atoms with Crippen molar-refractivity contribution in [2.45, 2.75) is 44.6 Å². The first-order chi connectivity index (χ1) is 6.45. The van der Waals surface area contributed by atoms with Gasteiger partial charge in [-0.05, 0) is 64.1 Å². The van der Waals surface area contributed by atoms with Crippen molar-refractivity contribution in [1.82, 2.24) is 10.6 Å². The zero-order chi connectivity index (χ0) is 8.93. The molecule has 2 aliphatic rings. The Morgan fingerprint density at radius 1 is 0.923 bits per heavy atom. The first-order valence-corrected chi connectivity index (χ1v) is 5.89. The molecule has 0 aromatic carbocycles. The SMILES string of the molecule is C1CNC(CCC2CCNCC2)C1. The molecule has 0 radical (unpaired) electrons. The molecule has 2 rings (SSSR count). The Bertz CT molecular complexity index is 135. The Labute approximate surface area is 81.5 Å². The highest BCUT2D eigenvalue weighted by molar-refractivity contribution is 4.77. The topological polar surface area (TPSA) is 24.1 Å². The molecule has 0 aromatic rings. The number of rotatable bonds is 3. The Kier molecular flexibility index (Phi) is 3.62. The molecule has 0 spiro atoms. The molecule has 1 atom stereocenters. The minimum absolute atomic E-state index is 0.856. The van der Waals surface area contributed by atoms with E-state index in [0.717, 1.165) is 12.0 Å². The van der Waals surface area contributed by atoms with Gasteiger partial charge in [-0.2, -0.15) is 0 Å². The number of nitrogens with one attached hydrogen (secondary N) is 2. The van der Waals surface area contributed by atoms with Crippen LogP contribution in [0, 0.1) is 5.92 Å². The summed E-state index contributed by atoms with van der Waals surface area (Å²) in [6, 6.07) is 0.856. The molecular weight excluding hydrogens is 160 g/mol. The Balaban J connectivity index is 1.60. The number of hydrogen-bond acceptors (Lipinski definition) is 2. The van der Waals surface area contributed by atoms with Gasteiger partial charge in [-0.25, -0.2) is 0 Å². The molecule has 76 valence electrons. The zero-order valence-electron chi connectivity index (χ0n) is 8.52. The third-order valence-electron chi connectivity index (χ3n) is 3.54. The van der Waals surface area contributed by atoms with Crippen LogP contribution in [0.2, 0.25) is 0 Å². The highest BCUT2D eigenvalue weighted by Gasteiger charge is 2.17. The van der Waals surface area contributed by atoms with Gasteiger partial charge in [-0.3, -0.25) is 0 Å². The van der Waals surface area contributed by atoms with Crippen LogP contribution in [0.3, 0.4) is 0 Å². The lowest BCUT2D eigenvalue weighted by atomic mass is 9.91. The average molecular weight is 182 g/mol. The second-order valence-electron chi connectivity index (χ2n) is 4.56. The van der Waals surface area contributed by atoms with Crippen LogP contribution in [0.5, 0.6) is 0 Å². The minimum Gasteiger partial charge on any atom is -0.317 e. The van der Waals surface area contributed by atoms with Gasteiger partial charge in [-0.1, -0.05) is 0 Å². The van der Waals surface area contributed by atoms with E-state index in [9.17, 15) is 0 Å². The summed E-state index contributed by atoms with van der Waals surface area (Å²) in [5, 5.41) is 7.01. The van der Waals surface area contributed by atoms with Crippen molar-refractivity contribution in [1.29, 1.82) is 0 Å². The van der Waals surface area contributed by atoms with E-state index in [0.29, 0.717) is 0 Å². The third kappa shape index (κ3) is 2.96. The summed E-state index contributed by atoms with van der Waals surface area (Å²) in [4.78, 5) is 0. The third-order valence-corrected chi connectivity index (χ3v) is 3.54. The van der Waals surface area contributed by atoms with Crippen molar-refractivity contribution in [2.75, 3.05) is 19.6 Å². The van der Waals surface area contributed by atoms with Gasteiger partial charge in [0.1, 0.15) is 0 Å². The molecule has 1 unspecified atom stereocenters. The summed E-state index contributed by atoms with van der Waals surface area (Å²) in [7, 11) is 0. The molecule has 0 amide bonds. The maximum atomic E-state index is 3.58. The summed E-state index contributed by atoms with van der Waals surface area (Å²) in [6.07, 6.45) is 8.52. The van der Waals surface area contributed by atoms with Gasteiger partial charge >= 0.3 is 0 Å². The fourth-order valence-corrected chi connectivity index (χ4v) is 2.61. The first kappa shape index (κ1) is 9.47. The zero-order valence-corrected chi connectivity index (χ0v) is 8.52. The van der Waals surface area contributed by atoms with Crippen LogP contribution in [-0.4, -0.2) is 25.7 Å². The van der Waals surface area contributed by atoms with Crippen LogP contribution < -0.4 is 10.6 Å². The van der Waals surface area contributed by atoms with Crippen molar-refractivity contribution in [2.24, 2.45) is 5.92 Å². The van der Waals surface area contributed by atoms with Gasteiger partial charge in [0.15, 0.2) is 0 Å². The molecule has 2 N–H and O–H groups in total. The van der Waals surface area contributed by atoms with E-state index in [1.54, 1.807) is 0 Å². The smallest absolute Gasteiger partial charge is 0.00676 e. The normalized spacial score (nSPS) is 30.9. The van der Waals surface area contributed by atoms with E-state index in [2.05, 4.69) is 10.6 Å². The highest BCUT2D eigenvalue weighted by atomic mass is 14.9. The van der Waals surface area contributed by atoms with E-state index in [1.807, 2.05) is 0 Å². The van der Waals surface area contributed by atoms with Gasteiger partial charge in [0.2, 0.25) is 0 Å². The second kappa shape index (κ2) is 4.97. The number of hydrogen-bond donors (Lipinski definition) is 2. The van der Waals surface area contributed by atoms with Crippen LogP contribution >= 0.6 is 0 Å². The average Bonchev–Trinajstić information content (AvgIpc) is 2.69. The standard InChI is InChI=1S/C11H22N2/c1-2-11(13-7-1)4-3-10-5-8-12-9-6-10/h10-13H,1-9H2. The quantitative estimate of drug-likeness (QED) is 0.691. The molecule has 2 aliphatic heterocycles. The summed E-state index contributed by atoms with van der Waals surface area (Å²) < 4.78 is 0. The Morgan fingerprint density at radius 2 is 1.77 bits per heavy atom. The molecular formula is C11H22N2. The van der Waals surface area contributed by atoms with Gasteiger partial charge < -0.3 is 10.6 Å². The summed E-state index contributed by atoms with van der Waals surface area (Å²) in [5.41, 5.74) is 0. The monoisotopic (exact) mass is 182 g/mol. The van der Waals surface area contributed by atoms with Crippen molar-refractivity contribution < 1.29 is 0 Å². The lowest BCUT2D eigenvalue weighted by Crippen LogP contribution is -2.29. The fourth-order valence-electron chi connectivity index (χ4n) is 2.61.